The van der Waals surface area contributed by atoms with Gasteiger partial charge in [-0.1, -0.05) is 0 Å². The molecular weight excluding hydrogens is 171 g/mol. The fourth-order valence-electron chi connectivity index (χ4n) is 2.56. The minimum absolute atomic E-state index is 0.228. The molecule has 0 saturated heterocycles. The van der Waals surface area contributed by atoms with Crippen molar-refractivity contribution < 1.29 is 13.9 Å². The lowest BCUT2D eigenvalue weighted by atomic mass is 9.66. The van der Waals surface area contributed by atoms with Crippen molar-refractivity contribution in [1.29, 1.82) is 0 Å². The molecule has 0 aliphatic heterocycles. The lowest BCUT2D eigenvalue weighted by Crippen LogP contribution is -2.49. The van der Waals surface area contributed by atoms with Crippen molar-refractivity contribution in [2.24, 2.45) is 0 Å². The minimum atomic E-state index is -0.943. The van der Waals surface area contributed by atoms with Gasteiger partial charge in [0.25, 0.3) is 0 Å². The number of hydrogen-bond donors (Lipinski definition) is 0. The fourth-order valence-corrected chi connectivity index (χ4v) is 2.56. The lowest BCUT2D eigenvalue weighted by molar-refractivity contribution is -0.176. The monoisotopic (exact) mass is 186 g/mol. The summed E-state index contributed by atoms with van der Waals surface area (Å²) in [6.45, 7) is 1.43. The van der Waals surface area contributed by atoms with Crippen LogP contribution in [0.2, 0.25) is 0 Å². The van der Waals surface area contributed by atoms with Gasteiger partial charge in [-0.25, -0.2) is 4.39 Å². The topological polar surface area (TPSA) is 26.3 Å². The standard InChI is InChI=1S/C10H15FO2/c1-8(12)13-10-5-2-9(11,3-6-10)4-7-10/h2-7H2,1H3. The summed E-state index contributed by atoms with van der Waals surface area (Å²) in [5.41, 5.74) is -1.25. The Hall–Kier alpha value is -0.600. The quantitative estimate of drug-likeness (QED) is 0.587. The van der Waals surface area contributed by atoms with Gasteiger partial charge < -0.3 is 4.74 Å². The van der Waals surface area contributed by atoms with E-state index in [4.69, 9.17) is 4.74 Å². The number of alkyl halides is 1. The maximum absolute atomic E-state index is 13.7. The third-order valence-electron chi connectivity index (χ3n) is 3.45. The molecule has 3 rings (SSSR count). The number of halogens is 1. The first-order valence-corrected chi connectivity index (χ1v) is 4.92. The van der Waals surface area contributed by atoms with Gasteiger partial charge in [0, 0.05) is 6.92 Å². The molecule has 3 aliphatic rings. The Morgan fingerprint density at radius 3 is 2.00 bits per heavy atom. The van der Waals surface area contributed by atoms with Crippen LogP contribution in [0.25, 0.3) is 0 Å². The molecule has 0 aromatic heterocycles. The van der Waals surface area contributed by atoms with E-state index in [-0.39, 0.29) is 11.6 Å². The van der Waals surface area contributed by atoms with Gasteiger partial charge >= 0.3 is 5.97 Å². The van der Waals surface area contributed by atoms with Crippen LogP contribution in [0.4, 0.5) is 4.39 Å². The number of fused-ring (bicyclic) bond motifs is 3. The first-order valence-electron chi connectivity index (χ1n) is 4.92. The average Bonchev–Trinajstić information content (AvgIpc) is 2.07. The predicted octanol–water partition coefficient (Wildman–Crippen LogP) is 2.36. The number of hydrogen-bond acceptors (Lipinski definition) is 2. The zero-order valence-electron chi connectivity index (χ0n) is 7.94. The Morgan fingerprint density at radius 2 is 1.62 bits per heavy atom. The largest absolute Gasteiger partial charge is 0.459 e. The predicted molar refractivity (Wildman–Crippen MR) is 46.0 cm³/mol. The smallest absolute Gasteiger partial charge is 0.303 e. The van der Waals surface area contributed by atoms with E-state index < -0.39 is 5.67 Å². The van der Waals surface area contributed by atoms with Crippen LogP contribution in [-0.2, 0) is 9.53 Å². The normalized spacial score (nSPS) is 43.2. The molecule has 0 amide bonds. The molecule has 74 valence electrons. The van der Waals surface area contributed by atoms with E-state index in [9.17, 15) is 9.18 Å². The van der Waals surface area contributed by atoms with Gasteiger partial charge in [0.1, 0.15) is 11.3 Å². The number of rotatable bonds is 1. The number of ether oxygens (including phenoxy) is 1. The van der Waals surface area contributed by atoms with Crippen molar-refractivity contribution >= 4 is 5.97 Å². The maximum Gasteiger partial charge on any atom is 0.303 e. The van der Waals surface area contributed by atoms with Crippen LogP contribution in [0.3, 0.4) is 0 Å². The fraction of sp³-hybridized carbons (Fsp3) is 0.900. The highest BCUT2D eigenvalue weighted by molar-refractivity contribution is 5.66. The number of carbonyl (C=O) groups is 1. The summed E-state index contributed by atoms with van der Waals surface area (Å²) in [6, 6.07) is 0. The number of esters is 1. The molecule has 0 heterocycles. The van der Waals surface area contributed by atoms with Gasteiger partial charge in [0.05, 0.1) is 0 Å². The van der Waals surface area contributed by atoms with Crippen molar-refractivity contribution in [1.82, 2.24) is 0 Å². The SMILES string of the molecule is CC(=O)OC12CCC(F)(CC1)CC2. The first-order chi connectivity index (χ1) is 6.04. The van der Waals surface area contributed by atoms with Gasteiger partial charge in [-0.05, 0) is 38.5 Å². The van der Waals surface area contributed by atoms with E-state index in [1.54, 1.807) is 0 Å². The summed E-state index contributed by atoms with van der Waals surface area (Å²) in [4.78, 5) is 10.9. The summed E-state index contributed by atoms with van der Waals surface area (Å²) >= 11 is 0. The van der Waals surface area contributed by atoms with Crippen LogP contribution < -0.4 is 0 Å². The van der Waals surface area contributed by atoms with Gasteiger partial charge in [-0.3, -0.25) is 4.79 Å². The van der Waals surface area contributed by atoms with E-state index in [2.05, 4.69) is 0 Å². The van der Waals surface area contributed by atoms with Crippen molar-refractivity contribution in [2.45, 2.75) is 56.7 Å². The molecule has 0 unspecified atom stereocenters. The molecule has 2 bridgehead atoms. The highest BCUT2D eigenvalue weighted by Gasteiger charge is 2.50. The summed E-state index contributed by atoms with van der Waals surface area (Å²) < 4.78 is 19.0. The summed E-state index contributed by atoms with van der Waals surface area (Å²) in [7, 11) is 0. The summed E-state index contributed by atoms with van der Waals surface area (Å²) in [6.07, 6.45) is 3.84. The van der Waals surface area contributed by atoms with Gasteiger partial charge in [0.15, 0.2) is 0 Å². The van der Waals surface area contributed by atoms with Gasteiger partial charge in [-0.15, -0.1) is 0 Å². The molecule has 3 heteroatoms. The average molecular weight is 186 g/mol. The Labute approximate surface area is 77.5 Å². The van der Waals surface area contributed by atoms with E-state index in [0.717, 1.165) is 0 Å². The molecule has 2 nitrogen and oxygen atoms in total. The molecule has 0 radical (unpaired) electrons. The van der Waals surface area contributed by atoms with Crippen molar-refractivity contribution in [3.8, 4) is 0 Å². The van der Waals surface area contributed by atoms with E-state index in [1.165, 1.54) is 6.92 Å². The lowest BCUT2D eigenvalue weighted by Gasteiger charge is -2.48. The summed E-state index contributed by atoms with van der Waals surface area (Å²) in [5.74, 6) is -0.228. The second-order valence-electron chi connectivity index (χ2n) is 4.43. The molecule has 3 saturated carbocycles. The molecule has 0 aromatic rings. The van der Waals surface area contributed by atoms with Crippen molar-refractivity contribution in [3.63, 3.8) is 0 Å². The molecule has 0 spiro atoms. The molecule has 3 aliphatic carbocycles. The third-order valence-corrected chi connectivity index (χ3v) is 3.45. The Bertz CT molecular complexity index is 213. The second-order valence-corrected chi connectivity index (χ2v) is 4.43. The molecular formula is C10H15FO2. The Balaban J connectivity index is 2.07. The maximum atomic E-state index is 13.7. The highest BCUT2D eigenvalue weighted by atomic mass is 19.1. The zero-order chi connectivity index (χ0) is 9.53. The molecule has 0 N–H and O–H groups in total. The van der Waals surface area contributed by atoms with E-state index in [1.807, 2.05) is 0 Å². The molecule has 0 aromatic carbocycles. The van der Waals surface area contributed by atoms with Crippen LogP contribution in [-0.4, -0.2) is 17.2 Å². The van der Waals surface area contributed by atoms with E-state index in [0.29, 0.717) is 38.5 Å². The second kappa shape index (κ2) is 2.69. The Morgan fingerprint density at radius 1 is 1.15 bits per heavy atom. The van der Waals surface area contributed by atoms with Crippen LogP contribution in [0.15, 0.2) is 0 Å². The van der Waals surface area contributed by atoms with Gasteiger partial charge in [0.2, 0.25) is 0 Å². The van der Waals surface area contributed by atoms with Crippen LogP contribution in [0.5, 0.6) is 0 Å². The number of carbonyl (C=O) groups excluding carboxylic acids is 1. The zero-order valence-corrected chi connectivity index (χ0v) is 7.94. The summed E-state index contributed by atoms with van der Waals surface area (Å²) in [5, 5.41) is 0. The van der Waals surface area contributed by atoms with Crippen molar-refractivity contribution in [2.75, 3.05) is 0 Å². The van der Waals surface area contributed by atoms with Crippen LogP contribution in [0.1, 0.15) is 45.4 Å². The minimum Gasteiger partial charge on any atom is -0.459 e. The highest BCUT2D eigenvalue weighted by Crippen LogP contribution is 2.50. The van der Waals surface area contributed by atoms with Crippen molar-refractivity contribution in [3.05, 3.63) is 0 Å². The van der Waals surface area contributed by atoms with Crippen LogP contribution >= 0.6 is 0 Å². The molecule has 3 fully saturated rings. The first kappa shape index (κ1) is 8.97. The van der Waals surface area contributed by atoms with E-state index >= 15 is 0 Å². The van der Waals surface area contributed by atoms with Crippen LogP contribution in [0, 0.1) is 0 Å². The molecule has 0 atom stereocenters. The van der Waals surface area contributed by atoms with Gasteiger partial charge in [-0.2, -0.15) is 0 Å². The third kappa shape index (κ3) is 1.56. The Kier molecular flexibility index (Phi) is 1.86. The molecule has 13 heavy (non-hydrogen) atoms.